The maximum atomic E-state index is 11.4. The molecular formula is C15H16N2O3S. The van der Waals surface area contributed by atoms with E-state index in [9.17, 15) is 9.59 Å². The molecule has 0 aliphatic heterocycles. The molecule has 0 amide bonds. The largest absolute Gasteiger partial charge is 0.476 e. The lowest BCUT2D eigenvalue weighted by Crippen LogP contribution is -2.05. The van der Waals surface area contributed by atoms with Gasteiger partial charge in [0.15, 0.2) is 16.6 Å². The first kappa shape index (κ1) is 15.2. The van der Waals surface area contributed by atoms with Crippen molar-refractivity contribution in [1.82, 2.24) is 4.98 Å². The summed E-state index contributed by atoms with van der Waals surface area (Å²) in [4.78, 5) is 26.5. The van der Waals surface area contributed by atoms with E-state index in [1.54, 1.807) is 0 Å². The van der Waals surface area contributed by atoms with Crippen molar-refractivity contribution >= 4 is 28.2 Å². The Bertz CT molecular complexity index is 606. The molecule has 1 aromatic carbocycles. The predicted octanol–water partition coefficient (Wildman–Crippen LogP) is 3.09. The monoisotopic (exact) mass is 304 g/mol. The van der Waals surface area contributed by atoms with Crippen molar-refractivity contribution in [2.75, 3.05) is 11.9 Å². The molecule has 0 unspecified atom stereocenters. The zero-order chi connectivity index (χ0) is 15.2. The Kier molecular flexibility index (Phi) is 5.05. The lowest BCUT2D eigenvalue weighted by Gasteiger charge is -2.02. The summed E-state index contributed by atoms with van der Waals surface area (Å²) < 4.78 is 0. The molecule has 0 atom stereocenters. The van der Waals surface area contributed by atoms with Gasteiger partial charge in [-0.3, -0.25) is 4.79 Å². The molecule has 2 N–H and O–H groups in total. The van der Waals surface area contributed by atoms with E-state index in [1.807, 2.05) is 18.2 Å². The number of carboxylic acid groups (broad SMARTS) is 1. The van der Waals surface area contributed by atoms with Crippen LogP contribution in [0.5, 0.6) is 0 Å². The van der Waals surface area contributed by atoms with Crippen LogP contribution in [-0.4, -0.2) is 28.4 Å². The lowest BCUT2D eigenvalue weighted by molar-refractivity contribution is 0.0687. The Morgan fingerprint density at radius 3 is 2.57 bits per heavy atom. The number of nitrogens with zero attached hydrogens (tertiary/aromatic N) is 1. The van der Waals surface area contributed by atoms with Crippen LogP contribution in [-0.2, 0) is 6.42 Å². The Labute approximate surface area is 126 Å². The van der Waals surface area contributed by atoms with Crippen molar-refractivity contribution in [1.29, 1.82) is 0 Å². The highest BCUT2D eigenvalue weighted by atomic mass is 32.1. The van der Waals surface area contributed by atoms with Crippen molar-refractivity contribution in [3.63, 3.8) is 0 Å². The molecule has 0 saturated heterocycles. The van der Waals surface area contributed by atoms with Gasteiger partial charge in [0.1, 0.15) is 4.88 Å². The number of hydrogen-bond acceptors (Lipinski definition) is 5. The number of carbonyl (C=O) groups excluding carboxylic acids is 1. The molecule has 0 aliphatic rings. The van der Waals surface area contributed by atoms with E-state index in [1.165, 1.54) is 12.5 Å². The second-order valence-corrected chi connectivity index (χ2v) is 5.57. The van der Waals surface area contributed by atoms with Crippen molar-refractivity contribution in [2.24, 2.45) is 0 Å². The lowest BCUT2D eigenvalue weighted by atomic mass is 10.1. The number of carboxylic acids is 1. The Hall–Kier alpha value is -2.21. The number of rotatable bonds is 7. The maximum Gasteiger partial charge on any atom is 0.356 e. The van der Waals surface area contributed by atoms with E-state index < -0.39 is 5.97 Å². The maximum absolute atomic E-state index is 11.4. The van der Waals surface area contributed by atoms with Crippen molar-refractivity contribution in [3.8, 4) is 0 Å². The van der Waals surface area contributed by atoms with Gasteiger partial charge >= 0.3 is 5.97 Å². The first-order valence-electron chi connectivity index (χ1n) is 6.61. The summed E-state index contributed by atoms with van der Waals surface area (Å²) in [6, 6.07) is 10.1. The first-order valence-corrected chi connectivity index (χ1v) is 7.42. The average molecular weight is 304 g/mol. The number of Topliss-reactive ketones (excluding diaryl/α,β-unsaturated/α-hetero) is 1. The second kappa shape index (κ2) is 6.99. The van der Waals surface area contributed by atoms with Crippen LogP contribution in [0.1, 0.15) is 39.1 Å². The fraction of sp³-hybridized carbons (Fsp3) is 0.267. The highest BCUT2D eigenvalue weighted by molar-refractivity contribution is 7.17. The van der Waals surface area contributed by atoms with Crippen LogP contribution < -0.4 is 5.32 Å². The molecular weight excluding hydrogens is 288 g/mol. The summed E-state index contributed by atoms with van der Waals surface area (Å²) in [5.74, 6) is -1.45. The van der Waals surface area contributed by atoms with E-state index in [4.69, 9.17) is 5.11 Å². The van der Waals surface area contributed by atoms with Gasteiger partial charge < -0.3 is 10.4 Å². The molecule has 0 fully saturated rings. The van der Waals surface area contributed by atoms with E-state index in [-0.39, 0.29) is 16.4 Å². The van der Waals surface area contributed by atoms with Crippen LogP contribution in [0.25, 0.3) is 0 Å². The van der Waals surface area contributed by atoms with Crippen LogP contribution in [0.15, 0.2) is 30.3 Å². The third kappa shape index (κ3) is 4.13. The van der Waals surface area contributed by atoms with Gasteiger partial charge in [-0.25, -0.2) is 9.78 Å². The number of ketones is 1. The topological polar surface area (TPSA) is 79.3 Å². The molecule has 21 heavy (non-hydrogen) atoms. The minimum absolute atomic E-state index is 0.168. The number of anilines is 1. The molecule has 6 heteroatoms. The van der Waals surface area contributed by atoms with Crippen LogP contribution in [0.3, 0.4) is 0 Å². The summed E-state index contributed by atoms with van der Waals surface area (Å²) in [5, 5.41) is 12.6. The summed E-state index contributed by atoms with van der Waals surface area (Å²) in [5.41, 5.74) is 1.09. The molecule has 2 aromatic rings. The predicted molar refractivity (Wildman–Crippen MR) is 82.3 cm³/mol. The third-order valence-corrected chi connectivity index (χ3v) is 4.02. The highest BCUT2D eigenvalue weighted by Crippen LogP contribution is 2.23. The number of hydrogen-bond donors (Lipinski definition) is 2. The molecule has 0 radical (unpaired) electrons. The minimum atomic E-state index is -1.17. The molecule has 110 valence electrons. The number of nitrogens with one attached hydrogen (secondary N) is 1. The Balaban J connectivity index is 1.90. The van der Waals surface area contributed by atoms with E-state index in [2.05, 4.69) is 22.4 Å². The van der Waals surface area contributed by atoms with E-state index in [0.29, 0.717) is 11.7 Å². The summed E-state index contributed by atoms with van der Waals surface area (Å²) in [7, 11) is 0. The van der Waals surface area contributed by atoms with Gasteiger partial charge in [-0.15, -0.1) is 0 Å². The van der Waals surface area contributed by atoms with Gasteiger partial charge in [-0.05, 0) is 18.4 Å². The molecule has 0 bridgehead atoms. The Morgan fingerprint density at radius 2 is 2.00 bits per heavy atom. The van der Waals surface area contributed by atoms with Crippen LogP contribution in [0.2, 0.25) is 0 Å². The number of aryl methyl sites for hydroxylation is 1. The normalized spacial score (nSPS) is 10.3. The summed E-state index contributed by atoms with van der Waals surface area (Å²) in [6.07, 6.45) is 1.84. The molecule has 0 aliphatic carbocycles. The number of aromatic carboxylic acids is 1. The fourth-order valence-electron chi connectivity index (χ4n) is 1.91. The van der Waals surface area contributed by atoms with E-state index >= 15 is 0 Å². The summed E-state index contributed by atoms with van der Waals surface area (Å²) >= 11 is 1.09. The van der Waals surface area contributed by atoms with Crippen LogP contribution in [0.4, 0.5) is 5.13 Å². The zero-order valence-electron chi connectivity index (χ0n) is 11.6. The number of thiazole rings is 1. The third-order valence-electron chi connectivity index (χ3n) is 2.91. The molecule has 5 nitrogen and oxygen atoms in total. The average Bonchev–Trinajstić information content (AvgIpc) is 2.89. The van der Waals surface area contributed by atoms with Gasteiger partial charge in [0.05, 0.1) is 0 Å². The SMILES string of the molecule is CC(=O)c1sc(NCCCc2ccccc2)nc1C(=O)O. The van der Waals surface area contributed by atoms with Crippen LogP contribution in [0, 0.1) is 0 Å². The molecule has 1 aromatic heterocycles. The van der Waals surface area contributed by atoms with Crippen molar-refractivity contribution in [2.45, 2.75) is 19.8 Å². The Morgan fingerprint density at radius 1 is 1.29 bits per heavy atom. The number of benzene rings is 1. The summed E-state index contributed by atoms with van der Waals surface area (Å²) in [6.45, 7) is 2.03. The molecule has 0 saturated carbocycles. The van der Waals surface area contributed by atoms with Crippen LogP contribution >= 0.6 is 11.3 Å². The number of aromatic nitrogens is 1. The minimum Gasteiger partial charge on any atom is -0.476 e. The van der Waals surface area contributed by atoms with Crippen molar-refractivity contribution < 1.29 is 14.7 Å². The quantitative estimate of drug-likeness (QED) is 0.607. The fourth-order valence-corrected chi connectivity index (χ4v) is 2.79. The highest BCUT2D eigenvalue weighted by Gasteiger charge is 2.20. The molecule has 0 spiro atoms. The number of carbonyl (C=O) groups is 2. The van der Waals surface area contributed by atoms with Gasteiger partial charge in [0.25, 0.3) is 0 Å². The van der Waals surface area contributed by atoms with Gasteiger partial charge in [0, 0.05) is 13.5 Å². The molecule has 2 rings (SSSR count). The van der Waals surface area contributed by atoms with Gasteiger partial charge in [0.2, 0.25) is 0 Å². The zero-order valence-corrected chi connectivity index (χ0v) is 12.4. The van der Waals surface area contributed by atoms with E-state index in [0.717, 1.165) is 24.2 Å². The molecule has 1 heterocycles. The van der Waals surface area contributed by atoms with Crippen molar-refractivity contribution in [3.05, 3.63) is 46.5 Å². The standard InChI is InChI=1S/C15H16N2O3S/c1-10(18)13-12(14(19)20)17-15(21-13)16-9-5-8-11-6-3-2-4-7-11/h2-4,6-7H,5,8-9H2,1H3,(H,16,17)(H,19,20). The van der Waals surface area contributed by atoms with Gasteiger partial charge in [-0.1, -0.05) is 41.7 Å². The van der Waals surface area contributed by atoms with Gasteiger partial charge in [-0.2, -0.15) is 0 Å². The smallest absolute Gasteiger partial charge is 0.356 e. The second-order valence-electron chi connectivity index (χ2n) is 4.57. The first-order chi connectivity index (χ1) is 10.1.